The quantitative estimate of drug-likeness (QED) is 0.885. The minimum absolute atomic E-state index is 0.763. The fourth-order valence-corrected chi connectivity index (χ4v) is 4.33. The molecule has 0 bridgehead atoms. The molecule has 0 aliphatic carbocycles. The van der Waals surface area contributed by atoms with Crippen molar-refractivity contribution in [2.24, 2.45) is 0 Å². The first kappa shape index (κ1) is 12.5. The van der Waals surface area contributed by atoms with Crippen LogP contribution in [0.2, 0.25) is 0 Å². The average molecular weight is 255 g/mol. The van der Waals surface area contributed by atoms with Crippen LogP contribution in [0.25, 0.3) is 0 Å². The number of aryl methyl sites for hydroxylation is 2. The number of thiophene rings is 1. The zero-order valence-electron chi connectivity index (χ0n) is 10.2. The van der Waals surface area contributed by atoms with Crippen molar-refractivity contribution in [3.05, 3.63) is 21.4 Å². The number of nitrogens with one attached hydrogen (secondary N) is 1. The molecule has 90 valence electrons. The number of hydrogen-bond donors (Lipinski definition) is 1. The summed E-state index contributed by atoms with van der Waals surface area (Å²) in [6.07, 6.45) is 3.95. The molecule has 1 unspecified atom stereocenters. The van der Waals surface area contributed by atoms with Gasteiger partial charge >= 0.3 is 0 Å². The predicted molar refractivity (Wildman–Crippen MR) is 75.8 cm³/mol. The molecule has 0 aromatic carbocycles. The standard InChI is InChI=1S/C13H21NS2/c1-10-8-12(11(2)16-10)5-6-14-13-4-3-7-15-9-13/h8,13-14H,3-7,9H2,1-2H3. The molecule has 2 heterocycles. The van der Waals surface area contributed by atoms with Gasteiger partial charge in [-0.3, -0.25) is 0 Å². The molecule has 0 saturated carbocycles. The molecule has 1 N–H and O–H groups in total. The largest absolute Gasteiger partial charge is 0.313 e. The van der Waals surface area contributed by atoms with Crippen molar-refractivity contribution in [1.82, 2.24) is 5.32 Å². The highest BCUT2D eigenvalue weighted by atomic mass is 32.2. The second kappa shape index (κ2) is 6.08. The summed E-state index contributed by atoms with van der Waals surface area (Å²) in [4.78, 5) is 2.94. The van der Waals surface area contributed by atoms with E-state index >= 15 is 0 Å². The van der Waals surface area contributed by atoms with Gasteiger partial charge in [-0.15, -0.1) is 11.3 Å². The van der Waals surface area contributed by atoms with Crippen LogP contribution in [0, 0.1) is 13.8 Å². The van der Waals surface area contributed by atoms with Gasteiger partial charge in [0, 0.05) is 21.5 Å². The van der Waals surface area contributed by atoms with Crippen LogP contribution in [-0.2, 0) is 6.42 Å². The second-order valence-electron chi connectivity index (χ2n) is 4.56. The van der Waals surface area contributed by atoms with Crippen LogP contribution in [-0.4, -0.2) is 24.1 Å². The van der Waals surface area contributed by atoms with Gasteiger partial charge in [0.2, 0.25) is 0 Å². The Morgan fingerprint density at radius 1 is 1.44 bits per heavy atom. The van der Waals surface area contributed by atoms with Gasteiger partial charge in [0.05, 0.1) is 0 Å². The molecule has 1 fully saturated rings. The first-order chi connectivity index (χ1) is 7.75. The molecule has 1 aliphatic rings. The van der Waals surface area contributed by atoms with E-state index in [4.69, 9.17) is 0 Å². The molecule has 1 aromatic heterocycles. The number of rotatable bonds is 4. The first-order valence-corrected chi connectivity index (χ1v) is 8.10. The second-order valence-corrected chi connectivity index (χ2v) is 7.17. The van der Waals surface area contributed by atoms with E-state index in [1.54, 1.807) is 5.56 Å². The fraction of sp³-hybridized carbons (Fsp3) is 0.692. The van der Waals surface area contributed by atoms with E-state index in [1.165, 1.54) is 40.5 Å². The molecule has 1 aromatic rings. The van der Waals surface area contributed by atoms with Crippen LogP contribution < -0.4 is 5.32 Å². The SMILES string of the molecule is Cc1cc(CCNC2CCCSC2)c(C)s1. The van der Waals surface area contributed by atoms with Gasteiger partial charge in [-0.05, 0) is 57.0 Å². The van der Waals surface area contributed by atoms with Crippen molar-refractivity contribution in [3.63, 3.8) is 0 Å². The zero-order chi connectivity index (χ0) is 11.4. The van der Waals surface area contributed by atoms with Crippen LogP contribution >= 0.6 is 23.1 Å². The topological polar surface area (TPSA) is 12.0 Å². The average Bonchev–Trinajstić information content (AvgIpc) is 2.59. The summed E-state index contributed by atoms with van der Waals surface area (Å²) in [6, 6.07) is 3.11. The lowest BCUT2D eigenvalue weighted by molar-refractivity contribution is 0.511. The predicted octanol–water partition coefficient (Wildman–Crippen LogP) is 3.39. The van der Waals surface area contributed by atoms with Gasteiger partial charge in [-0.25, -0.2) is 0 Å². The lowest BCUT2D eigenvalue weighted by atomic mass is 10.1. The Morgan fingerprint density at radius 3 is 2.94 bits per heavy atom. The van der Waals surface area contributed by atoms with E-state index in [0.717, 1.165) is 12.6 Å². The van der Waals surface area contributed by atoms with Crippen LogP contribution in [0.4, 0.5) is 0 Å². The van der Waals surface area contributed by atoms with Crippen molar-refractivity contribution in [2.75, 3.05) is 18.1 Å². The monoisotopic (exact) mass is 255 g/mol. The molecule has 0 amide bonds. The summed E-state index contributed by atoms with van der Waals surface area (Å²) in [6.45, 7) is 5.58. The molecule has 1 nitrogen and oxygen atoms in total. The molecule has 16 heavy (non-hydrogen) atoms. The molecule has 2 rings (SSSR count). The molecular formula is C13H21NS2. The smallest absolute Gasteiger partial charge is 0.0158 e. The van der Waals surface area contributed by atoms with Gasteiger partial charge in [0.15, 0.2) is 0 Å². The highest BCUT2D eigenvalue weighted by molar-refractivity contribution is 7.99. The van der Waals surface area contributed by atoms with Crippen molar-refractivity contribution in [3.8, 4) is 0 Å². The minimum Gasteiger partial charge on any atom is -0.313 e. The van der Waals surface area contributed by atoms with Crippen molar-refractivity contribution < 1.29 is 0 Å². The molecule has 0 spiro atoms. The van der Waals surface area contributed by atoms with Crippen molar-refractivity contribution in [2.45, 2.75) is 39.2 Å². The maximum Gasteiger partial charge on any atom is 0.0158 e. The third-order valence-corrected chi connectivity index (χ3v) is 5.36. The van der Waals surface area contributed by atoms with E-state index in [1.807, 2.05) is 11.3 Å². The molecule has 1 aliphatic heterocycles. The molecular weight excluding hydrogens is 234 g/mol. The Labute approximate surface area is 107 Å². The maximum absolute atomic E-state index is 3.69. The third kappa shape index (κ3) is 3.51. The van der Waals surface area contributed by atoms with E-state index < -0.39 is 0 Å². The van der Waals surface area contributed by atoms with Crippen LogP contribution in [0.5, 0.6) is 0 Å². The van der Waals surface area contributed by atoms with E-state index in [0.29, 0.717) is 0 Å². The summed E-state index contributed by atoms with van der Waals surface area (Å²) in [5.41, 5.74) is 1.54. The Bertz CT molecular complexity index is 327. The van der Waals surface area contributed by atoms with Crippen molar-refractivity contribution in [1.29, 1.82) is 0 Å². The van der Waals surface area contributed by atoms with E-state index in [2.05, 4.69) is 37.0 Å². The Morgan fingerprint density at radius 2 is 2.31 bits per heavy atom. The first-order valence-electron chi connectivity index (χ1n) is 6.13. The third-order valence-electron chi connectivity index (χ3n) is 3.13. The van der Waals surface area contributed by atoms with Crippen LogP contribution in [0.15, 0.2) is 6.07 Å². The minimum atomic E-state index is 0.763. The maximum atomic E-state index is 3.69. The molecule has 0 radical (unpaired) electrons. The van der Waals surface area contributed by atoms with E-state index in [9.17, 15) is 0 Å². The lowest BCUT2D eigenvalue weighted by Gasteiger charge is -2.22. The molecule has 1 saturated heterocycles. The Balaban J connectivity index is 1.73. The Hall–Kier alpha value is 0.01000. The lowest BCUT2D eigenvalue weighted by Crippen LogP contribution is -2.35. The summed E-state index contributed by atoms with van der Waals surface area (Å²) in [5, 5.41) is 3.69. The number of thioether (sulfide) groups is 1. The molecule has 3 heteroatoms. The molecule has 1 atom stereocenters. The van der Waals surface area contributed by atoms with Gasteiger partial charge in [0.25, 0.3) is 0 Å². The summed E-state index contributed by atoms with van der Waals surface area (Å²) < 4.78 is 0. The highest BCUT2D eigenvalue weighted by Gasteiger charge is 2.12. The highest BCUT2D eigenvalue weighted by Crippen LogP contribution is 2.21. The van der Waals surface area contributed by atoms with Gasteiger partial charge < -0.3 is 5.32 Å². The Kier molecular flexibility index (Phi) is 4.74. The van der Waals surface area contributed by atoms with Gasteiger partial charge in [-0.1, -0.05) is 0 Å². The van der Waals surface area contributed by atoms with Gasteiger partial charge in [0.1, 0.15) is 0 Å². The van der Waals surface area contributed by atoms with Gasteiger partial charge in [-0.2, -0.15) is 11.8 Å². The van der Waals surface area contributed by atoms with Crippen molar-refractivity contribution >= 4 is 23.1 Å². The summed E-state index contributed by atoms with van der Waals surface area (Å²) in [7, 11) is 0. The summed E-state index contributed by atoms with van der Waals surface area (Å²) in [5.74, 6) is 2.67. The van der Waals surface area contributed by atoms with Crippen LogP contribution in [0.1, 0.15) is 28.2 Å². The van der Waals surface area contributed by atoms with E-state index in [-0.39, 0.29) is 0 Å². The summed E-state index contributed by atoms with van der Waals surface area (Å²) >= 11 is 4.02. The fourth-order valence-electron chi connectivity index (χ4n) is 2.24. The normalized spacial score (nSPS) is 21.2. The van der Waals surface area contributed by atoms with Crippen LogP contribution in [0.3, 0.4) is 0 Å². The number of hydrogen-bond acceptors (Lipinski definition) is 3. The zero-order valence-corrected chi connectivity index (χ0v) is 11.8.